The van der Waals surface area contributed by atoms with E-state index >= 15 is 0 Å². The van der Waals surface area contributed by atoms with Crippen molar-refractivity contribution in [1.82, 2.24) is 10.6 Å². The largest absolute Gasteiger partial charge is 0.354 e. The minimum absolute atomic E-state index is 0.251. The van der Waals surface area contributed by atoms with Crippen LogP contribution in [0.3, 0.4) is 0 Å². The molecule has 0 aromatic heterocycles. The molecular formula is C14H28N2O. The van der Waals surface area contributed by atoms with Crippen LogP contribution in [0.15, 0.2) is 0 Å². The third-order valence-corrected chi connectivity index (χ3v) is 3.58. The first-order chi connectivity index (χ1) is 8.22. The third-order valence-electron chi connectivity index (χ3n) is 3.58. The Morgan fingerprint density at radius 1 is 1.35 bits per heavy atom. The van der Waals surface area contributed by atoms with Gasteiger partial charge in [-0.3, -0.25) is 4.79 Å². The Kier molecular flexibility index (Phi) is 7.25. The number of nitrogens with one attached hydrogen (secondary N) is 2. The van der Waals surface area contributed by atoms with Crippen LogP contribution in [0, 0.1) is 5.92 Å². The molecule has 17 heavy (non-hydrogen) atoms. The van der Waals surface area contributed by atoms with E-state index in [0.29, 0.717) is 12.0 Å². The topological polar surface area (TPSA) is 41.1 Å². The van der Waals surface area contributed by atoms with Crippen molar-refractivity contribution < 1.29 is 4.79 Å². The Balaban J connectivity index is 2.10. The number of carbonyl (C=O) groups excluding carboxylic acids is 1. The van der Waals surface area contributed by atoms with Gasteiger partial charge in [-0.1, -0.05) is 26.2 Å². The Labute approximate surface area is 106 Å². The van der Waals surface area contributed by atoms with Gasteiger partial charge in [0.05, 0.1) is 0 Å². The molecular weight excluding hydrogens is 212 g/mol. The highest BCUT2D eigenvalue weighted by molar-refractivity contribution is 5.76. The van der Waals surface area contributed by atoms with Crippen molar-refractivity contribution in [3.8, 4) is 0 Å². The van der Waals surface area contributed by atoms with Crippen molar-refractivity contribution >= 4 is 5.91 Å². The van der Waals surface area contributed by atoms with Crippen molar-refractivity contribution in [2.45, 2.75) is 64.8 Å². The summed E-state index contributed by atoms with van der Waals surface area (Å²) in [6, 6.07) is 0.343. The highest BCUT2D eigenvalue weighted by Gasteiger charge is 2.17. The predicted molar refractivity (Wildman–Crippen MR) is 72.0 cm³/mol. The molecule has 0 radical (unpaired) electrons. The second kappa shape index (κ2) is 8.51. The van der Waals surface area contributed by atoms with Crippen LogP contribution in [0.25, 0.3) is 0 Å². The molecule has 3 nitrogen and oxygen atoms in total. The lowest BCUT2D eigenvalue weighted by Crippen LogP contribution is -2.36. The second-order valence-corrected chi connectivity index (χ2v) is 5.36. The van der Waals surface area contributed by atoms with E-state index in [1.165, 1.54) is 19.3 Å². The molecule has 0 aromatic rings. The van der Waals surface area contributed by atoms with Gasteiger partial charge >= 0.3 is 0 Å². The normalized spacial score (nSPS) is 18.9. The smallest absolute Gasteiger partial charge is 0.220 e. The fourth-order valence-corrected chi connectivity index (χ4v) is 2.45. The van der Waals surface area contributed by atoms with Gasteiger partial charge in [0.1, 0.15) is 0 Å². The van der Waals surface area contributed by atoms with Crippen LogP contribution in [0.2, 0.25) is 0 Å². The van der Waals surface area contributed by atoms with Crippen LogP contribution in [-0.2, 0) is 4.79 Å². The summed E-state index contributed by atoms with van der Waals surface area (Å²) in [5.41, 5.74) is 0. The number of piperidine rings is 1. The van der Waals surface area contributed by atoms with E-state index in [0.717, 1.165) is 38.8 Å². The molecule has 2 N–H and O–H groups in total. The summed E-state index contributed by atoms with van der Waals surface area (Å²) >= 11 is 0. The van der Waals surface area contributed by atoms with Crippen molar-refractivity contribution in [3.63, 3.8) is 0 Å². The fourth-order valence-electron chi connectivity index (χ4n) is 2.45. The Hall–Kier alpha value is -0.570. The molecule has 1 saturated heterocycles. The molecule has 0 spiro atoms. The lowest BCUT2D eigenvalue weighted by Gasteiger charge is -2.23. The zero-order valence-corrected chi connectivity index (χ0v) is 11.4. The molecule has 1 atom stereocenters. The lowest BCUT2D eigenvalue weighted by molar-refractivity contribution is -0.122. The number of carbonyl (C=O) groups is 1. The molecule has 1 unspecified atom stereocenters. The quantitative estimate of drug-likeness (QED) is 0.671. The van der Waals surface area contributed by atoms with Crippen LogP contribution in [0.4, 0.5) is 0 Å². The Morgan fingerprint density at radius 3 is 2.71 bits per heavy atom. The molecule has 1 aliphatic rings. The van der Waals surface area contributed by atoms with Gasteiger partial charge in [-0.2, -0.15) is 0 Å². The number of hydrogen-bond acceptors (Lipinski definition) is 2. The Bertz CT molecular complexity index is 212. The minimum Gasteiger partial charge on any atom is -0.354 e. The van der Waals surface area contributed by atoms with Gasteiger partial charge in [0.25, 0.3) is 0 Å². The highest BCUT2D eigenvalue weighted by Crippen LogP contribution is 2.15. The lowest BCUT2D eigenvalue weighted by atomic mass is 9.94. The molecule has 0 aromatic carbocycles. The molecule has 1 fully saturated rings. The summed E-state index contributed by atoms with van der Waals surface area (Å²) in [6.07, 6.45) is 7.89. The zero-order valence-electron chi connectivity index (χ0n) is 11.4. The average Bonchev–Trinajstić information content (AvgIpc) is 2.30. The maximum Gasteiger partial charge on any atom is 0.220 e. The SMILES string of the molecule is CCCCCC(C)NC(=O)CC1CCNCC1. The van der Waals surface area contributed by atoms with Crippen LogP contribution in [0.1, 0.15) is 58.8 Å². The standard InChI is InChI=1S/C14H28N2O/c1-3-4-5-6-12(2)16-14(17)11-13-7-9-15-10-8-13/h12-13,15H,3-11H2,1-2H3,(H,16,17). The van der Waals surface area contributed by atoms with Crippen molar-refractivity contribution in [1.29, 1.82) is 0 Å². The van der Waals surface area contributed by atoms with Crippen molar-refractivity contribution in [3.05, 3.63) is 0 Å². The van der Waals surface area contributed by atoms with Gasteiger partial charge in [0.2, 0.25) is 5.91 Å². The third kappa shape index (κ3) is 6.67. The maximum atomic E-state index is 11.8. The van der Waals surface area contributed by atoms with Gasteiger partial charge in [-0.25, -0.2) is 0 Å². The van der Waals surface area contributed by atoms with E-state index < -0.39 is 0 Å². The van der Waals surface area contributed by atoms with Gasteiger partial charge in [0, 0.05) is 12.5 Å². The van der Waals surface area contributed by atoms with Gasteiger partial charge in [-0.15, -0.1) is 0 Å². The van der Waals surface area contributed by atoms with Crippen molar-refractivity contribution in [2.24, 2.45) is 5.92 Å². The molecule has 0 bridgehead atoms. The van der Waals surface area contributed by atoms with Crippen LogP contribution >= 0.6 is 0 Å². The zero-order chi connectivity index (χ0) is 12.5. The molecule has 1 aliphatic heterocycles. The van der Waals surface area contributed by atoms with Gasteiger partial charge in [0.15, 0.2) is 0 Å². The van der Waals surface area contributed by atoms with E-state index in [9.17, 15) is 4.79 Å². The first-order valence-electron chi connectivity index (χ1n) is 7.22. The molecule has 1 rings (SSSR count). The van der Waals surface area contributed by atoms with Crippen LogP contribution in [0.5, 0.6) is 0 Å². The molecule has 1 amide bonds. The number of rotatable bonds is 7. The summed E-state index contributed by atoms with van der Waals surface area (Å²) in [7, 11) is 0. The summed E-state index contributed by atoms with van der Waals surface area (Å²) in [5.74, 6) is 0.847. The maximum absolute atomic E-state index is 11.8. The molecule has 1 heterocycles. The second-order valence-electron chi connectivity index (χ2n) is 5.36. The van der Waals surface area contributed by atoms with E-state index in [2.05, 4.69) is 24.5 Å². The number of unbranched alkanes of at least 4 members (excludes halogenated alkanes) is 2. The van der Waals surface area contributed by atoms with Crippen LogP contribution in [-0.4, -0.2) is 25.0 Å². The molecule has 0 saturated carbocycles. The summed E-state index contributed by atoms with van der Waals surface area (Å²) in [4.78, 5) is 11.8. The predicted octanol–water partition coefficient (Wildman–Crippen LogP) is 2.46. The van der Waals surface area contributed by atoms with E-state index in [1.54, 1.807) is 0 Å². The van der Waals surface area contributed by atoms with E-state index in [-0.39, 0.29) is 5.91 Å². The average molecular weight is 240 g/mol. The first kappa shape index (κ1) is 14.5. The minimum atomic E-state index is 0.251. The molecule has 0 aliphatic carbocycles. The summed E-state index contributed by atoms with van der Waals surface area (Å²) in [5, 5.41) is 6.46. The summed E-state index contributed by atoms with van der Waals surface area (Å²) < 4.78 is 0. The number of hydrogen-bond donors (Lipinski definition) is 2. The first-order valence-corrected chi connectivity index (χ1v) is 7.22. The van der Waals surface area contributed by atoms with Crippen molar-refractivity contribution in [2.75, 3.05) is 13.1 Å². The highest BCUT2D eigenvalue weighted by atomic mass is 16.1. The van der Waals surface area contributed by atoms with E-state index in [1.807, 2.05) is 0 Å². The van der Waals surface area contributed by atoms with E-state index in [4.69, 9.17) is 0 Å². The van der Waals surface area contributed by atoms with Gasteiger partial charge in [-0.05, 0) is 45.2 Å². The number of amides is 1. The molecule has 3 heteroatoms. The van der Waals surface area contributed by atoms with Crippen LogP contribution < -0.4 is 10.6 Å². The fraction of sp³-hybridized carbons (Fsp3) is 0.929. The Morgan fingerprint density at radius 2 is 2.06 bits per heavy atom. The monoisotopic (exact) mass is 240 g/mol. The summed E-state index contributed by atoms with van der Waals surface area (Å²) in [6.45, 7) is 6.48. The molecule has 100 valence electrons. The van der Waals surface area contributed by atoms with Gasteiger partial charge < -0.3 is 10.6 Å².